The fourth-order valence-corrected chi connectivity index (χ4v) is 2.88. The van der Waals surface area contributed by atoms with Gasteiger partial charge in [0.1, 0.15) is 0 Å². The number of para-hydroxylation sites is 1. The molecule has 3 aromatic carbocycles. The average Bonchev–Trinajstić information content (AvgIpc) is 2.64. The van der Waals surface area contributed by atoms with Gasteiger partial charge in [-0.3, -0.25) is 9.59 Å². The van der Waals surface area contributed by atoms with Gasteiger partial charge in [0.15, 0.2) is 0 Å². The zero-order chi connectivity index (χ0) is 19.4. The summed E-state index contributed by atoms with van der Waals surface area (Å²) in [5.41, 5.74) is 5.39. The predicted molar refractivity (Wildman–Crippen MR) is 109 cm³/mol. The fraction of sp³-hybridized carbons (Fsp3) is 0.130. The Balaban J connectivity index is 1.81. The highest BCUT2D eigenvalue weighted by atomic mass is 16.2. The summed E-state index contributed by atoms with van der Waals surface area (Å²) in [4.78, 5) is 25.2. The normalized spacial score (nSPS) is 10.3. The summed E-state index contributed by atoms with van der Waals surface area (Å²) < 4.78 is 0. The van der Waals surface area contributed by atoms with Crippen LogP contribution in [0.4, 0.5) is 11.4 Å². The van der Waals surface area contributed by atoms with E-state index in [1.165, 1.54) is 0 Å². The van der Waals surface area contributed by atoms with Crippen LogP contribution in [0.1, 0.15) is 37.4 Å². The molecule has 0 aromatic heterocycles. The van der Waals surface area contributed by atoms with Crippen molar-refractivity contribution in [3.63, 3.8) is 0 Å². The minimum Gasteiger partial charge on any atom is -0.322 e. The lowest BCUT2D eigenvalue weighted by molar-refractivity contribution is 0.101. The maximum atomic E-state index is 12.7. The van der Waals surface area contributed by atoms with Crippen molar-refractivity contribution in [3.05, 3.63) is 94.5 Å². The zero-order valence-electron chi connectivity index (χ0n) is 15.7. The van der Waals surface area contributed by atoms with Crippen LogP contribution in [0, 0.1) is 20.8 Å². The van der Waals surface area contributed by atoms with Gasteiger partial charge in [0.25, 0.3) is 11.8 Å². The molecule has 27 heavy (non-hydrogen) atoms. The van der Waals surface area contributed by atoms with Crippen LogP contribution in [-0.2, 0) is 0 Å². The summed E-state index contributed by atoms with van der Waals surface area (Å²) in [6.45, 7) is 5.81. The first-order valence-corrected chi connectivity index (χ1v) is 8.79. The second kappa shape index (κ2) is 7.87. The maximum Gasteiger partial charge on any atom is 0.255 e. The maximum absolute atomic E-state index is 12.7. The van der Waals surface area contributed by atoms with Crippen LogP contribution < -0.4 is 10.6 Å². The highest BCUT2D eigenvalue weighted by Gasteiger charge is 2.13. The van der Waals surface area contributed by atoms with Gasteiger partial charge < -0.3 is 10.6 Å². The van der Waals surface area contributed by atoms with Gasteiger partial charge in [0, 0.05) is 22.5 Å². The second-order valence-corrected chi connectivity index (χ2v) is 6.62. The van der Waals surface area contributed by atoms with Gasteiger partial charge >= 0.3 is 0 Å². The Bertz CT molecular complexity index is 995. The molecule has 136 valence electrons. The number of benzene rings is 3. The molecule has 0 aliphatic rings. The van der Waals surface area contributed by atoms with Crippen LogP contribution in [0.5, 0.6) is 0 Å². The molecule has 2 N–H and O–H groups in total. The predicted octanol–water partition coefficient (Wildman–Crippen LogP) is 5.12. The van der Waals surface area contributed by atoms with Gasteiger partial charge in [-0.25, -0.2) is 0 Å². The van der Waals surface area contributed by atoms with Crippen LogP contribution in [0.15, 0.2) is 66.7 Å². The van der Waals surface area contributed by atoms with Crippen LogP contribution in [0.25, 0.3) is 0 Å². The molecule has 0 atom stereocenters. The molecule has 0 spiro atoms. The van der Waals surface area contributed by atoms with Crippen molar-refractivity contribution >= 4 is 23.2 Å². The molecular formula is C23H22N2O2. The smallest absolute Gasteiger partial charge is 0.255 e. The van der Waals surface area contributed by atoms with Crippen molar-refractivity contribution in [1.29, 1.82) is 0 Å². The Hall–Kier alpha value is -3.40. The molecule has 0 fully saturated rings. The highest BCUT2D eigenvalue weighted by molar-refractivity contribution is 6.08. The summed E-state index contributed by atoms with van der Waals surface area (Å²) in [6, 6.07) is 20.3. The Morgan fingerprint density at radius 1 is 0.704 bits per heavy atom. The quantitative estimate of drug-likeness (QED) is 0.680. The van der Waals surface area contributed by atoms with E-state index in [-0.39, 0.29) is 11.8 Å². The zero-order valence-corrected chi connectivity index (χ0v) is 15.7. The first-order valence-electron chi connectivity index (χ1n) is 8.79. The van der Waals surface area contributed by atoms with Crippen molar-refractivity contribution in [1.82, 2.24) is 0 Å². The number of anilines is 2. The Kier molecular flexibility index (Phi) is 5.36. The number of amides is 2. The van der Waals surface area contributed by atoms with Crippen molar-refractivity contribution in [2.24, 2.45) is 0 Å². The van der Waals surface area contributed by atoms with Gasteiger partial charge in [-0.1, -0.05) is 42.0 Å². The van der Waals surface area contributed by atoms with Gasteiger partial charge in [-0.2, -0.15) is 0 Å². The molecule has 4 nitrogen and oxygen atoms in total. The third-order valence-electron chi connectivity index (χ3n) is 4.41. The molecule has 0 radical (unpaired) electrons. The summed E-state index contributed by atoms with van der Waals surface area (Å²) >= 11 is 0. The van der Waals surface area contributed by atoms with E-state index < -0.39 is 0 Å². The molecule has 3 aromatic rings. The molecule has 0 heterocycles. The lowest BCUT2D eigenvalue weighted by atomic mass is 10.0. The molecule has 2 amide bonds. The first-order chi connectivity index (χ1) is 12.9. The van der Waals surface area contributed by atoms with Gasteiger partial charge in [0.05, 0.1) is 0 Å². The van der Waals surface area contributed by atoms with Crippen molar-refractivity contribution < 1.29 is 9.59 Å². The van der Waals surface area contributed by atoms with Gasteiger partial charge in [0.2, 0.25) is 0 Å². The van der Waals surface area contributed by atoms with Gasteiger partial charge in [-0.05, 0) is 62.2 Å². The number of rotatable bonds is 4. The van der Waals surface area contributed by atoms with E-state index >= 15 is 0 Å². The molecule has 0 aliphatic heterocycles. The van der Waals surface area contributed by atoms with E-state index in [0.29, 0.717) is 16.8 Å². The van der Waals surface area contributed by atoms with Crippen molar-refractivity contribution in [2.45, 2.75) is 20.8 Å². The SMILES string of the molecule is Cc1ccc(C(=O)Nc2cc(C(=O)Nc3ccccc3)ccc2C)c(C)c1. The number of carbonyl (C=O) groups is 2. The number of nitrogens with one attached hydrogen (secondary N) is 2. The number of hydrogen-bond donors (Lipinski definition) is 2. The van der Waals surface area contributed by atoms with E-state index in [0.717, 1.165) is 22.4 Å². The summed E-state index contributed by atoms with van der Waals surface area (Å²) in [5, 5.41) is 5.78. The van der Waals surface area contributed by atoms with E-state index in [1.807, 2.05) is 75.4 Å². The lowest BCUT2D eigenvalue weighted by Gasteiger charge is -2.12. The minimum absolute atomic E-state index is 0.184. The van der Waals surface area contributed by atoms with Crippen LogP contribution in [-0.4, -0.2) is 11.8 Å². The first kappa shape index (κ1) is 18.4. The molecule has 0 unspecified atom stereocenters. The van der Waals surface area contributed by atoms with Gasteiger partial charge in [-0.15, -0.1) is 0 Å². The van der Waals surface area contributed by atoms with Crippen LogP contribution >= 0.6 is 0 Å². The van der Waals surface area contributed by atoms with Crippen molar-refractivity contribution in [3.8, 4) is 0 Å². The fourth-order valence-electron chi connectivity index (χ4n) is 2.88. The summed E-state index contributed by atoms with van der Waals surface area (Å²) in [7, 11) is 0. The molecule has 0 bridgehead atoms. The summed E-state index contributed by atoms with van der Waals surface area (Å²) in [5.74, 6) is -0.403. The van der Waals surface area contributed by atoms with Crippen LogP contribution in [0.2, 0.25) is 0 Å². The Morgan fingerprint density at radius 3 is 2.15 bits per heavy atom. The van der Waals surface area contributed by atoms with E-state index in [2.05, 4.69) is 10.6 Å². The lowest BCUT2D eigenvalue weighted by Crippen LogP contribution is -2.16. The van der Waals surface area contributed by atoms with Crippen molar-refractivity contribution in [2.75, 3.05) is 10.6 Å². The molecule has 3 rings (SSSR count). The van der Waals surface area contributed by atoms with E-state index in [9.17, 15) is 9.59 Å². The largest absolute Gasteiger partial charge is 0.322 e. The monoisotopic (exact) mass is 358 g/mol. The standard InChI is InChI=1S/C23H22N2O2/c1-15-9-12-20(17(3)13-15)23(27)25-21-14-18(11-10-16(21)2)22(26)24-19-7-5-4-6-8-19/h4-14H,1-3H3,(H,24,26)(H,25,27). The van der Waals surface area contributed by atoms with E-state index in [4.69, 9.17) is 0 Å². The molecular weight excluding hydrogens is 336 g/mol. The topological polar surface area (TPSA) is 58.2 Å². The Morgan fingerprint density at radius 2 is 1.44 bits per heavy atom. The number of aryl methyl sites for hydroxylation is 3. The molecule has 0 aliphatic carbocycles. The minimum atomic E-state index is -0.219. The third kappa shape index (κ3) is 4.42. The number of carbonyl (C=O) groups excluding carboxylic acids is 2. The number of hydrogen-bond acceptors (Lipinski definition) is 2. The van der Waals surface area contributed by atoms with E-state index in [1.54, 1.807) is 12.1 Å². The molecule has 0 saturated carbocycles. The Labute approximate surface area is 159 Å². The average molecular weight is 358 g/mol. The third-order valence-corrected chi connectivity index (χ3v) is 4.41. The second-order valence-electron chi connectivity index (χ2n) is 6.62. The van der Waals surface area contributed by atoms with Crippen LogP contribution in [0.3, 0.4) is 0 Å². The highest BCUT2D eigenvalue weighted by Crippen LogP contribution is 2.20. The molecule has 4 heteroatoms. The summed E-state index contributed by atoms with van der Waals surface area (Å²) in [6.07, 6.45) is 0. The molecule has 0 saturated heterocycles.